The quantitative estimate of drug-likeness (QED) is 0.445. The monoisotopic (exact) mass is 405 g/mol. The minimum Gasteiger partial charge on any atom is -0.357 e. The van der Waals surface area contributed by atoms with E-state index in [0.29, 0.717) is 6.54 Å². The van der Waals surface area contributed by atoms with Gasteiger partial charge in [0.05, 0.1) is 0 Å². The highest BCUT2D eigenvalue weighted by atomic mass is 127. The molecule has 0 amide bonds. The Hall–Kier alpha value is -0.850. The summed E-state index contributed by atoms with van der Waals surface area (Å²) in [5, 5.41) is 3.29. The van der Waals surface area contributed by atoms with Gasteiger partial charge in [0.1, 0.15) is 5.82 Å². The number of nitrogens with one attached hydrogen (secondary N) is 1. The molecular formula is C16H25FIN3. The Labute approximate surface area is 144 Å². The summed E-state index contributed by atoms with van der Waals surface area (Å²) >= 11 is 0. The van der Waals surface area contributed by atoms with E-state index in [1.807, 2.05) is 18.0 Å². The van der Waals surface area contributed by atoms with Crippen LogP contribution in [0.25, 0.3) is 0 Å². The van der Waals surface area contributed by atoms with Crippen molar-refractivity contribution in [2.45, 2.75) is 32.7 Å². The number of benzene rings is 1. The molecule has 118 valence electrons. The average Bonchev–Trinajstić information content (AvgIpc) is 3.22. The van der Waals surface area contributed by atoms with Crippen molar-refractivity contribution < 1.29 is 4.39 Å². The van der Waals surface area contributed by atoms with Crippen LogP contribution >= 0.6 is 24.0 Å². The van der Waals surface area contributed by atoms with Crippen LogP contribution in [0, 0.1) is 11.7 Å². The highest BCUT2D eigenvalue weighted by molar-refractivity contribution is 14.0. The molecule has 0 atom stereocenters. The van der Waals surface area contributed by atoms with Gasteiger partial charge in [-0.2, -0.15) is 0 Å². The minimum absolute atomic E-state index is 0. The van der Waals surface area contributed by atoms with Gasteiger partial charge in [-0.25, -0.2) is 4.39 Å². The average molecular weight is 405 g/mol. The number of halogens is 2. The molecule has 1 N–H and O–H groups in total. The first kappa shape index (κ1) is 18.2. The van der Waals surface area contributed by atoms with Crippen molar-refractivity contribution in [3.8, 4) is 0 Å². The molecule has 0 spiro atoms. The van der Waals surface area contributed by atoms with Crippen LogP contribution in [0.1, 0.15) is 31.7 Å². The van der Waals surface area contributed by atoms with Gasteiger partial charge >= 0.3 is 0 Å². The molecule has 0 bridgehead atoms. The Balaban J connectivity index is 0.00000220. The molecule has 0 saturated heterocycles. The predicted octanol–water partition coefficient (Wildman–Crippen LogP) is 3.64. The summed E-state index contributed by atoms with van der Waals surface area (Å²) in [6.07, 6.45) is 3.92. The largest absolute Gasteiger partial charge is 0.357 e. The molecule has 0 aliphatic heterocycles. The van der Waals surface area contributed by atoms with Crippen molar-refractivity contribution in [1.82, 2.24) is 10.2 Å². The van der Waals surface area contributed by atoms with E-state index in [-0.39, 0.29) is 29.8 Å². The van der Waals surface area contributed by atoms with Gasteiger partial charge in [-0.05, 0) is 37.0 Å². The molecule has 2 rings (SSSR count). The molecule has 1 aliphatic rings. The molecule has 1 aliphatic carbocycles. The topological polar surface area (TPSA) is 27.6 Å². The first-order valence-corrected chi connectivity index (χ1v) is 7.43. The van der Waals surface area contributed by atoms with E-state index in [1.54, 1.807) is 12.1 Å². The van der Waals surface area contributed by atoms with Crippen molar-refractivity contribution in [2.75, 3.05) is 20.1 Å². The third-order valence-electron chi connectivity index (χ3n) is 3.50. The second-order valence-electron chi connectivity index (χ2n) is 5.45. The molecule has 1 aromatic carbocycles. The first-order chi connectivity index (χ1) is 9.69. The second kappa shape index (κ2) is 9.23. The molecule has 0 unspecified atom stereocenters. The zero-order valence-electron chi connectivity index (χ0n) is 12.8. The Kier molecular flexibility index (Phi) is 8.00. The fourth-order valence-electron chi connectivity index (χ4n) is 2.21. The Morgan fingerprint density at radius 1 is 1.43 bits per heavy atom. The summed E-state index contributed by atoms with van der Waals surface area (Å²) in [6, 6.07) is 6.73. The fraction of sp³-hybridized carbons (Fsp3) is 0.562. The van der Waals surface area contributed by atoms with Gasteiger partial charge in [-0.1, -0.05) is 25.0 Å². The highest BCUT2D eigenvalue weighted by Gasteiger charge is 2.20. The molecule has 1 aromatic rings. The first-order valence-electron chi connectivity index (χ1n) is 7.43. The van der Waals surface area contributed by atoms with Crippen LogP contribution < -0.4 is 5.32 Å². The van der Waals surface area contributed by atoms with Gasteiger partial charge in [-0.3, -0.25) is 4.99 Å². The van der Waals surface area contributed by atoms with E-state index >= 15 is 0 Å². The fourth-order valence-corrected chi connectivity index (χ4v) is 2.21. The lowest BCUT2D eigenvalue weighted by molar-refractivity contribution is 0.474. The van der Waals surface area contributed by atoms with Gasteiger partial charge in [0.15, 0.2) is 5.96 Å². The number of guanidine groups is 1. The standard InChI is InChI=1S/C16H24FN3.HI/c1-3-18-16(19-10-9-13-7-8-13)20(2)12-14-5-4-6-15(17)11-14;/h4-6,11,13H,3,7-10,12H2,1-2H3,(H,18,19);1H. The van der Waals surface area contributed by atoms with Crippen LogP contribution in [0.2, 0.25) is 0 Å². The Morgan fingerprint density at radius 2 is 2.19 bits per heavy atom. The molecule has 5 heteroatoms. The highest BCUT2D eigenvalue weighted by Crippen LogP contribution is 2.32. The van der Waals surface area contributed by atoms with E-state index in [0.717, 1.165) is 30.5 Å². The zero-order chi connectivity index (χ0) is 14.4. The summed E-state index contributed by atoms with van der Waals surface area (Å²) in [4.78, 5) is 6.70. The molecule has 0 heterocycles. The summed E-state index contributed by atoms with van der Waals surface area (Å²) in [6.45, 7) is 4.44. The zero-order valence-corrected chi connectivity index (χ0v) is 15.1. The van der Waals surface area contributed by atoms with Crippen LogP contribution in [-0.2, 0) is 6.54 Å². The normalized spacial score (nSPS) is 14.5. The SMILES string of the molecule is CCNC(=NCCC1CC1)N(C)Cc1cccc(F)c1.I. The molecule has 0 radical (unpaired) electrons. The van der Waals surface area contributed by atoms with E-state index in [2.05, 4.69) is 17.2 Å². The van der Waals surface area contributed by atoms with Crippen LogP contribution in [0.3, 0.4) is 0 Å². The summed E-state index contributed by atoms with van der Waals surface area (Å²) in [5.74, 6) is 1.61. The lowest BCUT2D eigenvalue weighted by Gasteiger charge is -2.22. The number of nitrogens with zero attached hydrogens (tertiary/aromatic N) is 2. The maximum atomic E-state index is 13.2. The Morgan fingerprint density at radius 3 is 2.81 bits per heavy atom. The third kappa shape index (κ3) is 6.63. The summed E-state index contributed by atoms with van der Waals surface area (Å²) in [5.41, 5.74) is 0.959. The number of hydrogen-bond acceptors (Lipinski definition) is 1. The number of rotatable bonds is 6. The molecule has 0 aromatic heterocycles. The Bertz CT molecular complexity index is 461. The maximum absolute atomic E-state index is 13.2. The molecular weight excluding hydrogens is 380 g/mol. The van der Waals surface area contributed by atoms with Crippen molar-refractivity contribution in [1.29, 1.82) is 0 Å². The predicted molar refractivity (Wildman–Crippen MR) is 96.6 cm³/mol. The van der Waals surface area contributed by atoms with E-state index in [9.17, 15) is 4.39 Å². The van der Waals surface area contributed by atoms with Gasteiger partial charge in [0, 0.05) is 26.7 Å². The van der Waals surface area contributed by atoms with Crippen molar-refractivity contribution in [3.05, 3.63) is 35.6 Å². The van der Waals surface area contributed by atoms with Crippen LogP contribution in [0.4, 0.5) is 4.39 Å². The van der Waals surface area contributed by atoms with E-state index < -0.39 is 0 Å². The van der Waals surface area contributed by atoms with Crippen molar-refractivity contribution >= 4 is 29.9 Å². The van der Waals surface area contributed by atoms with E-state index in [1.165, 1.54) is 25.3 Å². The molecule has 21 heavy (non-hydrogen) atoms. The summed E-state index contributed by atoms with van der Waals surface area (Å²) in [7, 11) is 1.99. The van der Waals surface area contributed by atoms with E-state index in [4.69, 9.17) is 0 Å². The molecule has 1 saturated carbocycles. The lowest BCUT2D eigenvalue weighted by Crippen LogP contribution is -2.38. The second-order valence-corrected chi connectivity index (χ2v) is 5.45. The van der Waals surface area contributed by atoms with Crippen LogP contribution in [0.15, 0.2) is 29.3 Å². The van der Waals surface area contributed by atoms with Crippen LogP contribution in [0.5, 0.6) is 0 Å². The maximum Gasteiger partial charge on any atom is 0.193 e. The summed E-state index contributed by atoms with van der Waals surface area (Å²) < 4.78 is 13.2. The number of hydrogen-bond donors (Lipinski definition) is 1. The van der Waals surface area contributed by atoms with Gasteiger partial charge in [0.2, 0.25) is 0 Å². The van der Waals surface area contributed by atoms with Gasteiger partial charge in [-0.15, -0.1) is 24.0 Å². The van der Waals surface area contributed by atoms with Gasteiger partial charge in [0.25, 0.3) is 0 Å². The van der Waals surface area contributed by atoms with Crippen molar-refractivity contribution in [2.24, 2.45) is 10.9 Å². The van der Waals surface area contributed by atoms with Crippen molar-refractivity contribution in [3.63, 3.8) is 0 Å². The third-order valence-corrected chi connectivity index (χ3v) is 3.50. The molecule has 1 fully saturated rings. The number of aliphatic imine (C=N–C) groups is 1. The smallest absolute Gasteiger partial charge is 0.193 e. The molecule has 3 nitrogen and oxygen atoms in total. The lowest BCUT2D eigenvalue weighted by atomic mass is 10.2. The van der Waals surface area contributed by atoms with Crippen LogP contribution in [-0.4, -0.2) is 31.0 Å². The minimum atomic E-state index is -0.188. The van der Waals surface area contributed by atoms with Gasteiger partial charge < -0.3 is 10.2 Å².